The van der Waals surface area contributed by atoms with E-state index >= 15 is 0 Å². The molecule has 0 atom stereocenters. The second-order valence-corrected chi connectivity index (χ2v) is 25.7. The van der Waals surface area contributed by atoms with Crippen LogP contribution < -0.4 is 26.2 Å². The summed E-state index contributed by atoms with van der Waals surface area (Å²) in [5.41, 5.74) is 26.7. The molecule has 0 amide bonds. The maximum absolute atomic E-state index is 6.81. The normalized spacial score (nSPS) is 13.2. The van der Waals surface area contributed by atoms with Crippen molar-refractivity contribution in [3.63, 3.8) is 0 Å². The average molecular weight is 1110 g/mol. The first-order valence-electron chi connectivity index (χ1n) is 30.1. The summed E-state index contributed by atoms with van der Waals surface area (Å²) in [7, 11) is 0. The van der Waals surface area contributed by atoms with Crippen LogP contribution in [0.4, 0.5) is 34.1 Å². The smallest absolute Gasteiger partial charge is 0.252 e. The van der Waals surface area contributed by atoms with Crippen LogP contribution in [0.5, 0.6) is 0 Å². The van der Waals surface area contributed by atoms with Crippen molar-refractivity contribution >= 4 is 123 Å². The van der Waals surface area contributed by atoms with Crippen LogP contribution in [-0.2, 0) is 10.8 Å². The van der Waals surface area contributed by atoms with Gasteiger partial charge in [-0.3, -0.25) is 0 Å². The zero-order valence-corrected chi connectivity index (χ0v) is 49.0. The molecule has 5 nitrogen and oxygen atoms in total. The van der Waals surface area contributed by atoms with Gasteiger partial charge >= 0.3 is 0 Å². The molecule has 6 heteroatoms. The van der Waals surface area contributed by atoms with Crippen molar-refractivity contribution in [3.8, 4) is 39.1 Å². The van der Waals surface area contributed by atoms with E-state index < -0.39 is 0 Å². The molecule has 410 valence electrons. The maximum Gasteiger partial charge on any atom is 0.252 e. The van der Waals surface area contributed by atoms with Gasteiger partial charge in [0.2, 0.25) is 0 Å². The summed E-state index contributed by atoms with van der Waals surface area (Å²) in [5, 5.41) is 6.91. The van der Waals surface area contributed by atoms with Crippen LogP contribution in [0.2, 0.25) is 0 Å². The lowest BCUT2D eigenvalue weighted by atomic mass is 9.33. The second kappa shape index (κ2) is 18.6. The molecule has 0 spiro atoms. The molecule has 2 aliphatic heterocycles. The van der Waals surface area contributed by atoms with E-state index in [0.717, 1.165) is 111 Å². The van der Waals surface area contributed by atoms with Crippen LogP contribution in [-0.4, -0.2) is 11.3 Å². The molecule has 0 radical (unpaired) electrons. The van der Waals surface area contributed by atoms with Gasteiger partial charge < -0.3 is 23.2 Å². The third-order valence-electron chi connectivity index (χ3n) is 18.5. The molecule has 86 heavy (non-hydrogen) atoms. The van der Waals surface area contributed by atoms with E-state index in [2.05, 4.69) is 305 Å². The van der Waals surface area contributed by atoms with E-state index in [4.69, 9.17) is 8.83 Å². The van der Waals surface area contributed by atoms with Gasteiger partial charge in [-0.1, -0.05) is 205 Å². The predicted octanol–water partition coefficient (Wildman–Crippen LogP) is 20.3. The number of hydrogen-bond acceptors (Lipinski definition) is 4. The Hall–Kier alpha value is -10.3. The Morgan fingerprint density at radius 1 is 0.314 bits per heavy atom. The van der Waals surface area contributed by atoms with Gasteiger partial charge in [-0.25, -0.2) is 0 Å². The molecule has 0 unspecified atom stereocenters. The van der Waals surface area contributed by atoms with Gasteiger partial charge in [0.15, 0.2) is 0 Å². The fraction of sp³-hybridized carbons (Fsp3) is 0.100. The van der Waals surface area contributed by atoms with Crippen LogP contribution >= 0.6 is 0 Å². The first-order chi connectivity index (χ1) is 41.9. The summed E-state index contributed by atoms with van der Waals surface area (Å²) in [6, 6.07) is 94.5. The van der Waals surface area contributed by atoms with E-state index in [-0.39, 0.29) is 17.5 Å². The van der Waals surface area contributed by atoms with Crippen LogP contribution in [0, 0.1) is 0 Å². The first-order valence-corrected chi connectivity index (χ1v) is 30.1. The van der Waals surface area contributed by atoms with Crippen LogP contribution in [0.15, 0.2) is 264 Å². The minimum Gasteiger partial charge on any atom is -0.455 e. The summed E-state index contributed by atoms with van der Waals surface area (Å²) >= 11 is 0. The van der Waals surface area contributed by atoms with Crippen molar-refractivity contribution in [2.45, 2.75) is 52.4 Å². The summed E-state index contributed by atoms with van der Waals surface area (Å²) in [6.45, 7) is 13.8. The standard InChI is InChI=1S/C80H60BN3O2/c1-79(2,3)53-34-39-57(40-35-53)84-71-43-36-54(80(4,5)6)48-67(71)81-66-45-51(59-24-17-26-64-62-22-12-15-29-75(62)86-78(59)64)33-42-70(66)83(56-37-30-49(31-38-56)58-23-16-25-63-61-21-11-14-28-74(61)85-77(58)63)72-46-52(47-73(84)76(72)81)50-32-41-69-65(44-50)60-20-10-13-27-68(60)82(69)55-18-8-7-9-19-55/h7-48H,1-6H3. The molecular formula is C80H60BN3O2. The van der Waals surface area contributed by atoms with Gasteiger partial charge in [-0.05, 0) is 152 Å². The zero-order valence-electron chi connectivity index (χ0n) is 49.0. The number of aromatic nitrogens is 1. The summed E-state index contributed by atoms with van der Waals surface area (Å²) in [5.74, 6) is 0. The SMILES string of the molecule is CC(C)(C)c1ccc(N2c3ccc(C(C)(C)C)cc3B3c4cc(-c5cccc6c5oc5ccccc56)ccc4N(c4ccc(-c5cccc6c5oc5ccccc56)cc4)c4cc(-c5ccc6c(c5)c5ccccc5n6-c5ccccc5)cc2c43)cc1. The van der Waals surface area contributed by atoms with Gasteiger partial charge in [0.1, 0.15) is 22.3 Å². The fourth-order valence-corrected chi connectivity index (χ4v) is 14.2. The third-order valence-corrected chi connectivity index (χ3v) is 18.5. The largest absolute Gasteiger partial charge is 0.455 e. The Balaban J connectivity index is 0.949. The molecular weight excluding hydrogens is 1050 g/mol. The molecule has 0 aliphatic carbocycles. The lowest BCUT2D eigenvalue weighted by Crippen LogP contribution is -2.61. The van der Waals surface area contributed by atoms with Gasteiger partial charge in [0.25, 0.3) is 6.71 Å². The number of fused-ring (bicyclic) bond motifs is 13. The second-order valence-electron chi connectivity index (χ2n) is 25.7. The summed E-state index contributed by atoms with van der Waals surface area (Å²) < 4.78 is 15.9. The van der Waals surface area contributed by atoms with E-state index in [1.807, 2.05) is 6.07 Å². The van der Waals surface area contributed by atoms with Crippen molar-refractivity contribution < 1.29 is 8.83 Å². The molecule has 0 bridgehead atoms. The van der Waals surface area contributed by atoms with Crippen molar-refractivity contribution in [2.24, 2.45) is 0 Å². The summed E-state index contributed by atoms with van der Waals surface area (Å²) in [6.07, 6.45) is 0. The molecule has 0 N–H and O–H groups in total. The van der Waals surface area contributed by atoms with Crippen LogP contribution in [0.3, 0.4) is 0 Å². The number of furan rings is 2. The Morgan fingerprint density at radius 2 is 0.802 bits per heavy atom. The lowest BCUT2D eigenvalue weighted by molar-refractivity contribution is 0.590. The van der Waals surface area contributed by atoms with E-state index in [0.29, 0.717) is 0 Å². The Bertz CT molecular complexity index is 5270. The molecule has 2 aliphatic rings. The molecule has 17 rings (SSSR count). The number of anilines is 6. The predicted molar refractivity (Wildman–Crippen MR) is 363 cm³/mol. The van der Waals surface area contributed by atoms with Gasteiger partial charge in [0.05, 0.1) is 11.0 Å². The average Bonchev–Trinajstić information content (AvgIpc) is 0.987. The quantitative estimate of drug-likeness (QED) is 0.156. The van der Waals surface area contributed by atoms with Crippen molar-refractivity contribution in [2.75, 3.05) is 9.80 Å². The van der Waals surface area contributed by atoms with Crippen LogP contribution in [0.1, 0.15) is 52.7 Å². The number of nitrogens with zero attached hydrogens (tertiary/aromatic N) is 3. The monoisotopic (exact) mass is 1110 g/mol. The van der Waals surface area contributed by atoms with Crippen molar-refractivity contribution in [1.82, 2.24) is 4.57 Å². The molecule has 0 saturated heterocycles. The van der Waals surface area contributed by atoms with Crippen molar-refractivity contribution in [1.29, 1.82) is 0 Å². The van der Waals surface area contributed by atoms with Crippen LogP contribution in [0.25, 0.3) is 105 Å². The Morgan fingerprint density at radius 3 is 1.43 bits per heavy atom. The highest BCUT2D eigenvalue weighted by molar-refractivity contribution is 7.00. The van der Waals surface area contributed by atoms with Gasteiger partial charge in [-0.2, -0.15) is 0 Å². The third kappa shape index (κ3) is 7.65. The molecule has 12 aromatic carbocycles. The van der Waals surface area contributed by atoms with Crippen molar-refractivity contribution in [3.05, 3.63) is 266 Å². The topological polar surface area (TPSA) is 37.7 Å². The highest BCUT2D eigenvalue weighted by Gasteiger charge is 2.44. The summed E-state index contributed by atoms with van der Waals surface area (Å²) in [4.78, 5) is 5.11. The van der Waals surface area contributed by atoms with Gasteiger partial charge in [0, 0.05) is 83.3 Å². The van der Waals surface area contributed by atoms with E-state index in [1.54, 1.807) is 0 Å². The molecule has 5 heterocycles. The lowest BCUT2D eigenvalue weighted by Gasteiger charge is -2.45. The molecule has 0 fully saturated rings. The minimum absolute atomic E-state index is 0.0187. The van der Waals surface area contributed by atoms with Gasteiger partial charge in [-0.15, -0.1) is 0 Å². The number of hydrogen-bond donors (Lipinski definition) is 0. The number of benzene rings is 12. The fourth-order valence-electron chi connectivity index (χ4n) is 14.2. The Labute approximate surface area is 500 Å². The molecule has 0 saturated carbocycles. The Kier molecular flexibility index (Phi) is 10.9. The number of rotatable bonds is 6. The molecule has 3 aromatic heterocycles. The van der Waals surface area contributed by atoms with E-state index in [9.17, 15) is 0 Å². The minimum atomic E-state index is -0.145. The first kappa shape index (κ1) is 50.2. The zero-order chi connectivity index (χ0) is 57.7. The highest BCUT2D eigenvalue weighted by atomic mass is 16.3. The number of para-hydroxylation sites is 6. The molecule has 15 aromatic rings. The van der Waals surface area contributed by atoms with E-state index in [1.165, 1.54) is 55.0 Å². The highest BCUT2D eigenvalue weighted by Crippen LogP contribution is 2.49. The maximum atomic E-state index is 6.81.